The lowest BCUT2D eigenvalue weighted by molar-refractivity contribution is -0.385. The third-order valence-corrected chi connectivity index (χ3v) is 3.29. The summed E-state index contributed by atoms with van der Waals surface area (Å²) in [5.74, 6) is -0.473. The molecule has 6 nitrogen and oxygen atoms in total. The second kappa shape index (κ2) is 7.93. The van der Waals surface area contributed by atoms with Crippen molar-refractivity contribution in [2.45, 2.75) is 12.8 Å². The van der Waals surface area contributed by atoms with E-state index in [4.69, 9.17) is 4.74 Å². The number of esters is 1. The number of aryl methyl sites for hydroxylation is 1. The highest BCUT2D eigenvalue weighted by atomic mass is 16.6. The molecule has 0 amide bonds. The van der Waals surface area contributed by atoms with Gasteiger partial charge in [-0.3, -0.25) is 10.1 Å². The van der Waals surface area contributed by atoms with Crippen LogP contribution in [-0.2, 0) is 11.2 Å². The molecule has 0 atom stereocenters. The molecule has 0 radical (unpaired) electrons. The molecule has 2 aromatic rings. The number of nitro benzene ring substituents is 1. The van der Waals surface area contributed by atoms with Gasteiger partial charge in [0.05, 0.1) is 24.2 Å². The first kappa shape index (κ1) is 16.5. The minimum absolute atomic E-state index is 0.121. The fourth-order valence-electron chi connectivity index (χ4n) is 2.13. The average Bonchev–Trinajstić information content (AvgIpc) is 2.58. The van der Waals surface area contributed by atoms with E-state index in [0.29, 0.717) is 6.61 Å². The van der Waals surface area contributed by atoms with Gasteiger partial charge in [0.1, 0.15) is 0 Å². The molecule has 0 aliphatic rings. The first-order valence-electron chi connectivity index (χ1n) is 7.15. The van der Waals surface area contributed by atoms with Gasteiger partial charge in [-0.1, -0.05) is 30.3 Å². The Balaban J connectivity index is 1.99. The Morgan fingerprint density at radius 3 is 2.57 bits per heavy atom. The summed E-state index contributed by atoms with van der Waals surface area (Å²) in [5.41, 5.74) is 1.06. The number of benzene rings is 2. The number of carbonyl (C=O) groups is 1. The average molecular weight is 315 g/mol. The maximum absolute atomic E-state index is 11.4. The van der Waals surface area contributed by atoms with Crippen molar-refractivity contribution in [2.75, 3.05) is 13.7 Å². The molecule has 2 aromatic carbocycles. The molecule has 0 bridgehead atoms. The molecule has 6 heteroatoms. The molecule has 120 valence electrons. The summed E-state index contributed by atoms with van der Waals surface area (Å²) >= 11 is 0. The van der Waals surface area contributed by atoms with Crippen molar-refractivity contribution in [3.8, 4) is 5.75 Å². The molecular formula is C17H17NO5. The highest BCUT2D eigenvalue weighted by molar-refractivity contribution is 5.90. The van der Waals surface area contributed by atoms with Gasteiger partial charge >= 0.3 is 11.7 Å². The van der Waals surface area contributed by atoms with Crippen LogP contribution in [0.4, 0.5) is 5.69 Å². The topological polar surface area (TPSA) is 78.7 Å². The van der Waals surface area contributed by atoms with Crippen molar-refractivity contribution in [1.82, 2.24) is 0 Å². The fourth-order valence-corrected chi connectivity index (χ4v) is 2.13. The van der Waals surface area contributed by atoms with E-state index in [9.17, 15) is 14.9 Å². The monoisotopic (exact) mass is 315 g/mol. The summed E-state index contributed by atoms with van der Waals surface area (Å²) in [7, 11) is 1.22. The highest BCUT2D eigenvalue weighted by Gasteiger charge is 2.19. The Labute approximate surface area is 133 Å². The lowest BCUT2D eigenvalue weighted by Gasteiger charge is -2.08. The zero-order chi connectivity index (χ0) is 16.7. The van der Waals surface area contributed by atoms with Crippen molar-refractivity contribution >= 4 is 11.7 Å². The molecule has 0 N–H and O–H groups in total. The molecule has 0 spiro atoms. The van der Waals surface area contributed by atoms with Crippen LogP contribution in [0.25, 0.3) is 0 Å². The number of nitro groups is 1. The summed E-state index contributed by atoms with van der Waals surface area (Å²) in [6.07, 6.45) is 1.56. The van der Waals surface area contributed by atoms with Crippen LogP contribution in [0.15, 0.2) is 48.5 Å². The maximum Gasteiger partial charge on any atom is 0.338 e. The van der Waals surface area contributed by atoms with Crippen LogP contribution in [0.1, 0.15) is 22.3 Å². The van der Waals surface area contributed by atoms with E-state index >= 15 is 0 Å². The van der Waals surface area contributed by atoms with E-state index in [1.165, 1.54) is 30.9 Å². The first-order valence-corrected chi connectivity index (χ1v) is 7.15. The third-order valence-electron chi connectivity index (χ3n) is 3.29. The van der Waals surface area contributed by atoms with Crippen LogP contribution in [0.5, 0.6) is 5.75 Å². The zero-order valence-corrected chi connectivity index (χ0v) is 12.7. The Kier molecular flexibility index (Phi) is 5.68. The molecule has 2 rings (SSSR count). The van der Waals surface area contributed by atoms with Gasteiger partial charge in [-0.05, 0) is 30.5 Å². The number of hydrogen-bond donors (Lipinski definition) is 0. The van der Waals surface area contributed by atoms with Crippen molar-refractivity contribution in [1.29, 1.82) is 0 Å². The lowest BCUT2D eigenvalue weighted by atomic mass is 10.1. The summed E-state index contributed by atoms with van der Waals surface area (Å²) in [4.78, 5) is 22.0. The molecule has 0 fully saturated rings. The van der Waals surface area contributed by atoms with E-state index in [2.05, 4.69) is 4.74 Å². The minimum Gasteiger partial charge on any atom is -0.487 e. The van der Waals surface area contributed by atoms with E-state index in [1.807, 2.05) is 30.3 Å². The van der Waals surface area contributed by atoms with Crippen molar-refractivity contribution in [3.63, 3.8) is 0 Å². The standard InChI is InChI=1S/C17H17NO5/c1-22-17(19)14-9-10-16(15(12-14)18(20)21)23-11-5-8-13-6-3-2-4-7-13/h2-4,6-7,9-10,12H,5,8,11H2,1H3. The normalized spacial score (nSPS) is 10.1. The second-order valence-corrected chi connectivity index (χ2v) is 4.87. The maximum atomic E-state index is 11.4. The molecule has 0 aliphatic carbocycles. The second-order valence-electron chi connectivity index (χ2n) is 4.87. The van der Waals surface area contributed by atoms with Crippen LogP contribution in [-0.4, -0.2) is 24.6 Å². The predicted octanol–water partition coefficient (Wildman–Crippen LogP) is 3.39. The number of rotatable bonds is 7. The smallest absolute Gasteiger partial charge is 0.338 e. The number of methoxy groups -OCH3 is 1. The van der Waals surface area contributed by atoms with Crippen LogP contribution in [0.3, 0.4) is 0 Å². The largest absolute Gasteiger partial charge is 0.487 e. The van der Waals surface area contributed by atoms with Gasteiger partial charge in [0.15, 0.2) is 5.75 Å². The van der Waals surface area contributed by atoms with Crippen LogP contribution in [0.2, 0.25) is 0 Å². The molecule has 0 aromatic heterocycles. The van der Waals surface area contributed by atoms with Crippen LogP contribution in [0, 0.1) is 10.1 Å². The summed E-state index contributed by atoms with van der Waals surface area (Å²) in [6, 6.07) is 14.0. The van der Waals surface area contributed by atoms with E-state index in [1.54, 1.807) is 0 Å². The van der Waals surface area contributed by atoms with E-state index in [-0.39, 0.29) is 17.0 Å². The van der Waals surface area contributed by atoms with Gasteiger partial charge in [-0.25, -0.2) is 4.79 Å². The summed E-state index contributed by atoms with van der Waals surface area (Å²) < 4.78 is 10.1. The van der Waals surface area contributed by atoms with Gasteiger partial charge in [0.25, 0.3) is 0 Å². The minimum atomic E-state index is -0.622. The summed E-state index contributed by atoms with van der Waals surface area (Å²) in [6.45, 7) is 0.354. The number of ether oxygens (including phenoxy) is 2. The molecule has 0 saturated heterocycles. The van der Waals surface area contributed by atoms with E-state index in [0.717, 1.165) is 12.8 Å². The third kappa shape index (κ3) is 4.54. The molecular weight excluding hydrogens is 298 g/mol. The van der Waals surface area contributed by atoms with Crippen molar-refractivity contribution in [3.05, 3.63) is 69.8 Å². The van der Waals surface area contributed by atoms with Crippen LogP contribution < -0.4 is 4.74 Å². The van der Waals surface area contributed by atoms with Gasteiger partial charge in [-0.2, -0.15) is 0 Å². The number of carbonyl (C=O) groups excluding carboxylic acids is 1. The van der Waals surface area contributed by atoms with Gasteiger partial charge in [-0.15, -0.1) is 0 Å². The van der Waals surface area contributed by atoms with Crippen LogP contribution >= 0.6 is 0 Å². The fraction of sp³-hybridized carbons (Fsp3) is 0.235. The molecule has 0 aliphatic heterocycles. The number of nitrogens with zero attached hydrogens (tertiary/aromatic N) is 1. The lowest BCUT2D eigenvalue weighted by Crippen LogP contribution is -2.05. The molecule has 0 unspecified atom stereocenters. The number of hydrogen-bond acceptors (Lipinski definition) is 5. The van der Waals surface area contributed by atoms with Crippen molar-refractivity contribution < 1.29 is 19.2 Å². The van der Waals surface area contributed by atoms with Gasteiger partial charge in [0.2, 0.25) is 0 Å². The quantitative estimate of drug-likeness (QED) is 0.339. The Morgan fingerprint density at radius 2 is 1.91 bits per heavy atom. The Bertz CT molecular complexity index is 685. The van der Waals surface area contributed by atoms with E-state index < -0.39 is 10.9 Å². The first-order chi connectivity index (χ1) is 11.1. The highest BCUT2D eigenvalue weighted by Crippen LogP contribution is 2.28. The van der Waals surface area contributed by atoms with Gasteiger partial charge in [0, 0.05) is 6.07 Å². The predicted molar refractivity (Wildman–Crippen MR) is 84.7 cm³/mol. The summed E-state index contributed by atoms with van der Waals surface area (Å²) in [5, 5.41) is 11.1. The SMILES string of the molecule is COC(=O)c1ccc(OCCCc2ccccc2)c([N+](=O)[O-])c1. The molecule has 0 heterocycles. The van der Waals surface area contributed by atoms with Crippen molar-refractivity contribution in [2.24, 2.45) is 0 Å². The molecule has 23 heavy (non-hydrogen) atoms. The Hall–Kier alpha value is -2.89. The van der Waals surface area contributed by atoms with Gasteiger partial charge < -0.3 is 9.47 Å². The molecule has 0 saturated carbocycles. The zero-order valence-electron chi connectivity index (χ0n) is 12.7. The Morgan fingerprint density at radius 1 is 1.17 bits per heavy atom.